The minimum absolute atomic E-state index is 0.124. The number of nitrogens with zero attached hydrogens (tertiary/aromatic N) is 1. The van der Waals surface area contributed by atoms with Crippen LogP contribution >= 0.6 is 11.6 Å². The summed E-state index contributed by atoms with van der Waals surface area (Å²) in [7, 11) is 1.52. The largest absolute Gasteiger partial charge is 0.314 e. The third-order valence-corrected chi connectivity index (χ3v) is 2.31. The summed E-state index contributed by atoms with van der Waals surface area (Å²) < 4.78 is 12.9. The Morgan fingerprint density at radius 3 is 2.69 bits per heavy atom. The van der Waals surface area contributed by atoms with Gasteiger partial charge in [-0.05, 0) is 24.1 Å². The summed E-state index contributed by atoms with van der Waals surface area (Å²) in [5.74, 6) is -0.427. The van der Waals surface area contributed by atoms with Crippen LogP contribution in [0.3, 0.4) is 0 Å². The van der Waals surface area contributed by atoms with Crippen molar-refractivity contribution in [1.82, 2.24) is 5.06 Å². The quantitative estimate of drug-likeness (QED) is 0.747. The molecule has 2 nitrogen and oxygen atoms in total. The molecule has 1 aromatic rings. The van der Waals surface area contributed by atoms with E-state index in [9.17, 15) is 4.39 Å². The van der Waals surface area contributed by atoms with Gasteiger partial charge in [-0.25, -0.2) is 4.39 Å². The van der Waals surface area contributed by atoms with Crippen molar-refractivity contribution >= 4 is 11.6 Å². The van der Waals surface area contributed by atoms with Crippen molar-refractivity contribution in [2.75, 3.05) is 7.05 Å². The van der Waals surface area contributed by atoms with Gasteiger partial charge >= 0.3 is 0 Å². The second-order valence-electron chi connectivity index (χ2n) is 2.96. The summed E-state index contributed by atoms with van der Waals surface area (Å²) >= 11 is 5.69. The van der Waals surface area contributed by atoms with Crippen LogP contribution in [0.15, 0.2) is 12.1 Å². The van der Waals surface area contributed by atoms with Crippen LogP contribution < -0.4 is 0 Å². The molecule has 0 aliphatic carbocycles. The molecule has 0 amide bonds. The van der Waals surface area contributed by atoms with Crippen LogP contribution in [0.5, 0.6) is 0 Å². The molecule has 1 aromatic carbocycles. The van der Waals surface area contributed by atoms with E-state index < -0.39 is 5.82 Å². The maximum Gasteiger partial charge on any atom is 0.142 e. The predicted molar refractivity (Wildman–Crippen MR) is 49.4 cm³/mol. The fourth-order valence-electron chi connectivity index (χ4n) is 1.11. The second kappa shape index (κ2) is 4.05. The molecule has 0 radical (unpaired) electrons. The molecular weight excluding hydrogens is 193 g/mol. The van der Waals surface area contributed by atoms with Crippen molar-refractivity contribution in [3.63, 3.8) is 0 Å². The molecule has 0 atom stereocenters. The Labute approximate surface area is 81.5 Å². The molecule has 0 aliphatic rings. The molecule has 4 heteroatoms. The summed E-state index contributed by atoms with van der Waals surface area (Å²) in [6.07, 6.45) is 0. The van der Waals surface area contributed by atoms with Crippen LogP contribution in [-0.2, 0) is 6.54 Å². The number of benzene rings is 1. The van der Waals surface area contributed by atoms with Gasteiger partial charge in [0, 0.05) is 13.6 Å². The first-order chi connectivity index (χ1) is 6.02. The Balaban J connectivity index is 3.04. The maximum absolute atomic E-state index is 12.9. The average Bonchev–Trinajstić information content (AvgIpc) is 2.06. The van der Waals surface area contributed by atoms with Crippen molar-refractivity contribution in [2.45, 2.75) is 13.5 Å². The Hall–Kier alpha value is -0.640. The first-order valence-electron chi connectivity index (χ1n) is 3.86. The van der Waals surface area contributed by atoms with Gasteiger partial charge in [0.05, 0.1) is 5.02 Å². The van der Waals surface area contributed by atoms with Crippen LogP contribution in [0.2, 0.25) is 5.02 Å². The molecule has 0 fully saturated rings. The van der Waals surface area contributed by atoms with E-state index in [4.69, 9.17) is 16.8 Å². The van der Waals surface area contributed by atoms with Crippen LogP contribution in [-0.4, -0.2) is 17.3 Å². The average molecular weight is 204 g/mol. The highest BCUT2D eigenvalue weighted by molar-refractivity contribution is 6.31. The zero-order chi connectivity index (χ0) is 10.0. The third-order valence-electron chi connectivity index (χ3n) is 1.85. The van der Waals surface area contributed by atoms with Crippen molar-refractivity contribution in [3.8, 4) is 0 Å². The highest BCUT2D eigenvalue weighted by atomic mass is 35.5. The zero-order valence-corrected chi connectivity index (χ0v) is 8.27. The van der Waals surface area contributed by atoms with E-state index >= 15 is 0 Å². The normalized spacial score (nSPS) is 10.9. The van der Waals surface area contributed by atoms with Crippen molar-refractivity contribution in [2.24, 2.45) is 0 Å². The monoisotopic (exact) mass is 203 g/mol. The van der Waals surface area contributed by atoms with Crippen LogP contribution in [0.25, 0.3) is 0 Å². The molecular formula is C9H11ClFNO. The van der Waals surface area contributed by atoms with E-state index in [0.29, 0.717) is 12.1 Å². The van der Waals surface area contributed by atoms with Crippen molar-refractivity contribution in [3.05, 3.63) is 34.1 Å². The van der Waals surface area contributed by atoms with Gasteiger partial charge in [0.1, 0.15) is 5.82 Å². The van der Waals surface area contributed by atoms with Crippen LogP contribution in [0.1, 0.15) is 11.1 Å². The fraction of sp³-hybridized carbons (Fsp3) is 0.333. The molecule has 13 heavy (non-hydrogen) atoms. The van der Waals surface area contributed by atoms with E-state index in [1.54, 1.807) is 13.0 Å². The molecule has 72 valence electrons. The highest BCUT2D eigenvalue weighted by Crippen LogP contribution is 2.23. The lowest BCUT2D eigenvalue weighted by atomic mass is 10.1. The highest BCUT2D eigenvalue weighted by Gasteiger charge is 2.08. The number of hydroxylamine groups is 2. The van der Waals surface area contributed by atoms with Gasteiger partial charge < -0.3 is 5.21 Å². The van der Waals surface area contributed by atoms with Gasteiger partial charge in [-0.2, -0.15) is 5.06 Å². The van der Waals surface area contributed by atoms with Crippen LogP contribution in [0.4, 0.5) is 4.39 Å². The molecule has 1 rings (SSSR count). The Morgan fingerprint density at radius 2 is 2.15 bits per heavy atom. The Morgan fingerprint density at radius 1 is 1.54 bits per heavy atom. The lowest BCUT2D eigenvalue weighted by Gasteiger charge is -2.11. The van der Waals surface area contributed by atoms with Gasteiger partial charge in [-0.3, -0.25) is 0 Å². The molecule has 0 heterocycles. The first kappa shape index (κ1) is 10.4. The van der Waals surface area contributed by atoms with Gasteiger partial charge in [0.15, 0.2) is 0 Å². The molecule has 0 saturated carbocycles. The number of rotatable bonds is 2. The first-order valence-corrected chi connectivity index (χ1v) is 4.23. The summed E-state index contributed by atoms with van der Waals surface area (Å²) in [5, 5.41) is 10.1. The van der Waals surface area contributed by atoms with Crippen molar-refractivity contribution in [1.29, 1.82) is 0 Å². The SMILES string of the molecule is Cc1c(CN(C)O)ccc(F)c1Cl. The van der Waals surface area contributed by atoms with Crippen molar-refractivity contribution < 1.29 is 9.60 Å². The van der Waals surface area contributed by atoms with Crippen LogP contribution in [0, 0.1) is 12.7 Å². The topological polar surface area (TPSA) is 23.5 Å². The Kier molecular flexibility index (Phi) is 3.25. The smallest absolute Gasteiger partial charge is 0.142 e. The summed E-state index contributed by atoms with van der Waals surface area (Å²) in [6.45, 7) is 2.07. The van der Waals surface area contributed by atoms with E-state index in [-0.39, 0.29) is 5.02 Å². The summed E-state index contributed by atoms with van der Waals surface area (Å²) in [5.41, 5.74) is 1.49. The number of hydrogen-bond acceptors (Lipinski definition) is 2. The van der Waals surface area contributed by atoms with E-state index in [2.05, 4.69) is 0 Å². The maximum atomic E-state index is 12.9. The van der Waals surface area contributed by atoms with E-state index in [0.717, 1.165) is 10.6 Å². The lowest BCUT2D eigenvalue weighted by Crippen LogP contribution is -2.12. The van der Waals surface area contributed by atoms with Gasteiger partial charge in [0.25, 0.3) is 0 Å². The van der Waals surface area contributed by atoms with Gasteiger partial charge in [0.2, 0.25) is 0 Å². The molecule has 0 saturated heterocycles. The summed E-state index contributed by atoms with van der Waals surface area (Å²) in [4.78, 5) is 0. The van der Waals surface area contributed by atoms with E-state index in [1.165, 1.54) is 13.1 Å². The second-order valence-corrected chi connectivity index (χ2v) is 3.34. The van der Waals surface area contributed by atoms with Gasteiger partial charge in [-0.1, -0.05) is 17.7 Å². The fourth-order valence-corrected chi connectivity index (χ4v) is 1.29. The predicted octanol–water partition coefficient (Wildman–Crippen LogP) is 2.61. The molecule has 1 N–H and O–H groups in total. The van der Waals surface area contributed by atoms with E-state index in [1.807, 2.05) is 0 Å². The zero-order valence-electron chi connectivity index (χ0n) is 7.51. The molecule has 0 aromatic heterocycles. The number of hydrogen-bond donors (Lipinski definition) is 1. The number of halogens is 2. The third kappa shape index (κ3) is 2.40. The Bertz CT molecular complexity index is 315. The minimum atomic E-state index is -0.427. The molecule has 0 spiro atoms. The van der Waals surface area contributed by atoms with Gasteiger partial charge in [-0.15, -0.1) is 0 Å². The lowest BCUT2D eigenvalue weighted by molar-refractivity contribution is -0.0733. The molecule has 0 bridgehead atoms. The molecule has 0 unspecified atom stereocenters. The summed E-state index contributed by atoms with van der Waals surface area (Å²) in [6, 6.07) is 2.91. The minimum Gasteiger partial charge on any atom is -0.314 e. The standard InChI is InChI=1S/C9H11ClFNO/c1-6-7(5-12(2)13)3-4-8(11)9(6)10/h3-4,13H,5H2,1-2H3. The molecule has 0 aliphatic heterocycles.